The summed E-state index contributed by atoms with van der Waals surface area (Å²) in [4.78, 5) is 0. The van der Waals surface area contributed by atoms with E-state index in [9.17, 15) is 8.78 Å². The summed E-state index contributed by atoms with van der Waals surface area (Å²) in [6.07, 6.45) is 2.61. The van der Waals surface area contributed by atoms with Crippen LogP contribution in [0.1, 0.15) is 46.1 Å². The molecule has 2 atom stereocenters. The average molecular weight is 283 g/mol. The summed E-state index contributed by atoms with van der Waals surface area (Å²) in [5.41, 5.74) is 0.745. The molecule has 3 heteroatoms. The third-order valence-electron chi connectivity index (χ3n) is 3.53. The minimum Gasteiger partial charge on any atom is -0.317 e. The van der Waals surface area contributed by atoms with E-state index >= 15 is 0 Å². The molecule has 1 aromatic carbocycles. The van der Waals surface area contributed by atoms with Crippen LogP contribution in [0.5, 0.6) is 0 Å². The summed E-state index contributed by atoms with van der Waals surface area (Å²) in [7, 11) is 1.88. The third kappa shape index (κ3) is 6.00. The predicted molar refractivity (Wildman–Crippen MR) is 80.8 cm³/mol. The summed E-state index contributed by atoms with van der Waals surface area (Å²) in [5, 5.41) is 3.22. The fraction of sp³-hybridized carbons (Fsp3) is 0.647. The van der Waals surface area contributed by atoms with Crippen LogP contribution in [0.3, 0.4) is 0 Å². The number of nitrogens with one attached hydrogen (secondary N) is 1. The van der Waals surface area contributed by atoms with E-state index in [1.54, 1.807) is 0 Å². The van der Waals surface area contributed by atoms with E-state index in [4.69, 9.17) is 0 Å². The Kier molecular flexibility index (Phi) is 6.12. The number of hydrogen-bond donors (Lipinski definition) is 1. The van der Waals surface area contributed by atoms with E-state index in [1.807, 2.05) is 7.05 Å². The van der Waals surface area contributed by atoms with E-state index < -0.39 is 0 Å². The van der Waals surface area contributed by atoms with Crippen LogP contribution < -0.4 is 5.32 Å². The molecule has 0 spiro atoms. The first-order valence-electron chi connectivity index (χ1n) is 7.32. The molecular weight excluding hydrogens is 256 g/mol. The van der Waals surface area contributed by atoms with Gasteiger partial charge in [0.1, 0.15) is 11.6 Å². The molecule has 0 radical (unpaired) electrons. The molecule has 2 unspecified atom stereocenters. The second-order valence-corrected chi connectivity index (χ2v) is 7.03. The molecule has 0 aliphatic carbocycles. The van der Waals surface area contributed by atoms with Gasteiger partial charge in [-0.05, 0) is 61.4 Å². The molecule has 0 saturated carbocycles. The lowest BCUT2D eigenvalue weighted by Crippen LogP contribution is -2.31. The van der Waals surface area contributed by atoms with Crippen molar-refractivity contribution in [3.63, 3.8) is 0 Å². The molecule has 0 aromatic heterocycles. The largest absolute Gasteiger partial charge is 0.317 e. The summed E-state index contributed by atoms with van der Waals surface area (Å²) in [6.45, 7) is 8.90. The van der Waals surface area contributed by atoms with Gasteiger partial charge in [0.25, 0.3) is 0 Å². The molecule has 20 heavy (non-hydrogen) atoms. The topological polar surface area (TPSA) is 12.0 Å². The van der Waals surface area contributed by atoms with Gasteiger partial charge in [-0.3, -0.25) is 0 Å². The Morgan fingerprint density at radius 3 is 2.40 bits per heavy atom. The highest BCUT2D eigenvalue weighted by Gasteiger charge is 2.19. The van der Waals surface area contributed by atoms with Crippen molar-refractivity contribution >= 4 is 0 Å². The minimum atomic E-state index is -0.376. The first-order valence-corrected chi connectivity index (χ1v) is 7.32. The SMILES string of the molecule is CNC(Cc1cc(F)ccc1F)CC(C)CC(C)(C)C. The standard InChI is InChI=1S/C17H27F2N/c1-12(11-17(2,3)4)8-15(20-5)10-13-9-14(18)6-7-16(13)19/h6-7,9,12,15,20H,8,10-11H2,1-5H3. The number of likely N-dealkylation sites (N-methyl/N-ethyl adjacent to an activating group) is 1. The zero-order valence-electron chi connectivity index (χ0n) is 13.3. The van der Waals surface area contributed by atoms with Gasteiger partial charge in [0, 0.05) is 6.04 Å². The monoisotopic (exact) mass is 283 g/mol. The molecule has 0 bridgehead atoms. The van der Waals surface area contributed by atoms with Crippen molar-refractivity contribution in [1.82, 2.24) is 5.32 Å². The Labute approximate surface area is 121 Å². The van der Waals surface area contributed by atoms with Gasteiger partial charge < -0.3 is 5.32 Å². The molecule has 1 rings (SSSR count). The maximum absolute atomic E-state index is 13.7. The highest BCUT2D eigenvalue weighted by molar-refractivity contribution is 5.19. The van der Waals surface area contributed by atoms with Gasteiger partial charge in [-0.2, -0.15) is 0 Å². The fourth-order valence-corrected chi connectivity index (χ4v) is 2.88. The van der Waals surface area contributed by atoms with Gasteiger partial charge >= 0.3 is 0 Å². The smallest absolute Gasteiger partial charge is 0.126 e. The van der Waals surface area contributed by atoms with Crippen LogP contribution in [0.25, 0.3) is 0 Å². The van der Waals surface area contributed by atoms with E-state index in [-0.39, 0.29) is 17.7 Å². The molecule has 1 nitrogen and oxygen atoms in total. The lowest BCUT2D eigenvalue weighted by atomic mass is 9.82. The van der Waals surface area contributed by atoms with Crippen LogP contribution in [-0.2, 0) is 6.42 Å². The number of halogens is 2. The van der Waals surface area contributed by atoms with Crippen molar-refractivity contribution in [1.29, 1.82) is 0 Å². The molecule has 1 N–H and O–H groups in total. The molecule has 0 aliphatic rings. The molecule has 1 aromatic rings. The maximum atomic E-state index is 13.7. The normalized spacial score (nSPS) is 15.2. The van der Waals surface area contributed by atoms with Crippen LogP contribution >= 0.6 is 0 Å². The summed E-state index contributed by atoms with van der Waals surface area (Å²) in [6, 6.07) is 3.84. The highest BCUT2D eigenvalue weighted by Crippen LogP contribution is 2.27. The maximum Gasteiger partial charge on any atom is 0.126 e. The quantitative estimate of drug-likeness (QED) is 0.807. The van der Waals surface area contributed by atoms with Crippen LogP contribution in [0.15, 0.2) is 18.2 Å². The first-order chi connectivity index (χ1) is 9.21. The third-order valence-corrected chi connectivity index (χ3v) is 3.53. The van der Waals surface area contributed by atoms with Gasteiger partial charge in [-0.1, -0.05) is 27.7 Å². The van der Waals surface area contributed by atoms with Gasteiger partial charge in [0.15, 0.2) is 0 Å². The number of benzene rings is 1. The molecule has 0 fully saturated rings. The first kappa shape index (κ1) is 17.1. The molecule has 0 aliphatic heterocycles. The Hall–Kier alpha value is -0.960. The van der Waals surface area contributed by atoms with Crippen molar-refractivity contribution in [2.75, 3.05) is 7.05 Å². The van der Waals surface area contributed by atoms with Crippen molar-refractivity contribution < 1.29 is 8.78 Å². The molecule has 0 heterocycles. The Balaban J connectivity index is 2.65. The van der Waals surface area contributed by atoms with Gasteiger partial charge in [0.2, 0.25) is 0 Å². The van der Waals surface area contributed by atoms with Crippen molar-refractivity contribution in [2.24, 2.45) is 11.3 Å². The van der Waals surface area contributed by atoms with Crippen molar-refractivity contribution in [3.05, 3.63) is 35.4 Å². The average Bonchev–Trinajstić information content (AvgIpc) is 2.30. The summed E-state index contributed by atoms with van der Waals surface area (Å²) in [5.74, 6) is -0.154. The Bertz CT molecular complexity index is 423. The van der Waals surface area contributed by atoms with Crippen molar-refractivity contribution in [2.45, 2.75) is 53.0 Å². The Morgan fingerprint density at radius 2 is 1.85 bits per heavy atom. The van der Waals surface area contributed by atoms with Gasteiger partial charge in [0.05, 0.1) is 0 Å². The molecule has 0 amide bonds. The minimum absolute atomic E-state index is 0.170. The number of hydrogen-bond acceptors (Lipinski definition) is 1. The summed E-state index contributed by atoms with van der Waals surface area (Å²) >= 11 is 0. The van der Waals surface area contributed by atoms with Crippen LogP contribution in [0, 0.1) is 23.0 Å². The Morgan fingerprint density at radius 1 is 1.20 bits per heavy atom. The predicted octanol–water partition coefficient (Wildman–Crippen LogP) is 4.56. The number of rotatable bonds is 6. The molecule has 114 valence electrons. The van der Waals surface area contributed by atoms with Gasteiger partial charge in [-0.15, -0.1) is 0 Å². The lowest BCUT2D eigenvalue weighted by Gasteiger charge is -2.26. The molecular formula is C17H27F2N. The zero-order chi connectivity index (χ0) is 15.3. The van der Waals surface area contributed by atoms with Gasteiger partial charge in [-0.25, -0.2) is 8.78 Å². The second-order valence-electron chi connectivity index (χ2n) is 7.03. The van der Waals surface area contributed by atoms with E-state index in [0.717, 1.165) is 18.9 Å². The second kappa shape index (κ2) is 7.16. The lowest BCUT2D eigenvalue weighted by molar-refractivity contribution is 0.277. The van der Waals surface area contributed by atoms with Crippen LogP contribution in [-0.4, -0.2) is 13.1 Å². The zero-order valence-corrected chi connectivity index (χ0v) is 13.3. The fourth-order valence-electron chi connectivity index (χ4n) is 2.88. The summed E-state index contributed by atoms with van der Waals surface area (Å²) < 4.78 is 26.9. The highest BCUT2D eigenvalue weighted by atomic mass is 19.1. The van der Waals surface area contributed by atoms with Crippen LogP contribution in [0.2, 0.25) is 0 Å². The van der Waals surface area contributed by atoms with Crippen molar-refractivity contribution in [3.8, 4) is 0 Å². The van der Waals surface area contributed by atoms with E-state index in [2.05, 4.69) is 33.0 Å². The molecule has 0 saturated heterocycles. The van der Waals surface area contributed by atoms with Crippen LogP contribution in [0.4, 0.5) is 8.78 Å². The van der Waals surface area contributed by atoms with E-state index in [1.165, 1.54) is 12.1 Å². The van der Waals surface area contributed by atoms with E-state index in [0.29, 0.717) is 23.3 Å².